The van der Waals surface area contributed by atoms with E-state index >= 15 is 0 Å². The number of carbonyl (C=O) groups excluding carboxylic acids is 2. The molecule has 3 N–H and O–H groups in total. The first-order chi connectivity index (χ1) is 10.6. The SMILES string of the molecule is CCCNC(=O)CN=C(NCC)NCCC(=O)N(CC)CC. The average Bonchev–Trinajstić information content (AvgIpc) is 2.51. The summed E-state index contributed by atoms with van der Waals surface area (Å²) in [6.07, 6.45) is 1.31. The van der Waals surface area contributed by atoms with E-state index in [4.69, 9.17) is 0 Å². The Bertz CT molecular complexity index is 354. The van der Waals surface area contributed by atoms with Crippen molar-refractivity contribution in [2.45, 2.75) is 40.5 Å². The summed E-state index contributed by atoms with van der Waals surface area (Å²) in [7, 11) is 0. The molecule has 0 aromatic carbocycles. The van der Waals surface area contributed by atoms with E-state index in [0.29, 0.717) is 32.0 Å². The molecule has 0 heterocycles. The number of hydrogen-bond acceptors (Lipinski definition) is 3. The van der Waals surface area contributed by atoms with Crippen molar-refractivity contribution in [2.75, 3.05) is 39.3 Å². The van der Waals surface area contributed by atoms with Gasteiger partial charge in [0.2, 0.25) is 11.8 Å². The van der Waals surface area contributed by atoms with Crippen molar-refractivity contribution in [2.24, 2.45) is 4.99 Å². The lowest BCUT2D eigenvalue weighted by Crippen LogP contribution is -2.40. The molecule has 0 aromatic rings. The van der Waals surface area contributed by atoms with E-state index in [2.05, 4.69) is 20.9 Å². The first kappa shape index (κ1) is 20.2. The van der Waals surface area contributed by atoms with E-state index < -0.39 is 0 Å². The van der Waals surface area contributed by atoms with Crippen LogP contribution in [0.15, 0.2) is 4.99 Å². The fraction of sp³-hybridized carbons (Fsp3) is 0.800. The number of amides is 2. The van der Waals surface area contributed by atoms with Crippen LogP contribution in [0.3, 0.4) is 0 Å². The lowest BCUT2D eigenvalue weighted by atomic mass is 10.3. The van der Waals surface area contributed by atoms with E-state index in [-0.39, 0.29) is 18.4 Å². The molecule has 0 saturated carbocycles. The van der Waals surface area contributed by atoms with Crippen LogP contribution < -0.4 is 16.0 Å². The van der Waals surface area contributed by atoms with Crippen LogP contribution in [0, 0.1) is 0 Å². The summed E-state index contributed by atoms with van der Waals surface area (Å²) >= 11 is 0. The number of hydrogen-bond donors (Lipinski definition) is 3. The summed E-state index contributed by atoms with van der Waals surface area (Å²) in [5.74, 6) is 0.578. The molecule has 0 aliphatic heterocycles. The predicted octanol–water partition coefficient (Wildman–Crippen LogP) is 0.326. The van der Waals surface area contributed by atoms with E-state index in [1.165, 1.54) is 0 Å². The third kappa shape index (κ3) is 9.20. The molecule has 7 heteroatoms. The van der Waals surface area contributed by atoms with Crippen molar-refractivity contribution in [1.29, 1.82) is 0 Å². The normalized spacial score (nSPS) is 11.0. The Kier molecular flexibility index (Phi) is 11.9. The molecular weight excluding hydrogens is 282 g/mol. The highest BCUT2D eigenvalue weighted by atomic mass is 16.2. The van der Waals surface area contributed by atoms with Crippen LogP contribution in [-0.4, -0.2) is 61.9 Å². The lowest BCUT2D eigenvalue weighted by Gasteiger charge is -2.19. The first-order valence-electron chi connectivity index (χ1n) is 8.15. The van der Waals surface area contributed by atoms with Crippen molar-refractivity contribution < 1.29 is 9.59 Å². The van der Waals surface area contributed by atoms with Crippen LogP contribution in [0.5, 0.6) is 0 Å². The molecule has 0 aliphatic carbocycles. The fourth-order valence-electron chi connectivity index (χ4n) is 1.84. The molecule has 0 spiro atoms. The number of rotatable bonds is 10. The fourth-order valence-corrected chi connectivity index (χ4v) is 1.84. The second kappa shape index (κ2) is 12.9. The van der Waals surface area contributed by atoms with Gasteiger partial charge in [0.1, 0.15) is 6.54 Å². The monoisotopic (exact) mass is 313 g/mol. The third-order valence-corrected chi connectivity index (χ3v) is 3.04. The molecule has 0 radical (unpaired) electrons. The van der Waals surface area contributed by atoms with Gasteiger partial charge in [0.15, 0.2) is 5.96 Å². The topological polar surface area (TPSA) is 85.8 Å². The minimum atomic E-state index is -0.0988. The van der Waals surface area contributed by atoms with Gasteiger partial charge in [0.25, 0.3) is 0 Å². The maximum atomic E-state index is 11.9. The van der Waals surface area contributed by atoms with Crippen LogP contribution in [0.1, 0.15) is 40.5 Å². The number of nitrogens with zero attached hydrogens (tertiary/aromatic N) is 2. The summed E-state index contributed by atoms with van der Waals surface area (Å²) in [5, 5.41) is 8.91. The summed E-state index contributed by atoms with van der Waals surface area (Å²) in [6.45, 7) is 11.3. The van der Waals surface area contributed by atoms with Crippen molar-refractivity contribution in [3.8, 4) is 0 Å². The Morgan fingerprint density at radius 3 is 2.18 bits per heavy atom. The van der Waals surface area contributed by atoms with Gasteiger partial charge >= 0.3 is 0 Å². The van der Waals surface area contributed by atoms with Crippen LogP contribution >= 0.6 is 0 Å². The molecule has 2 amide bonds. The Morgan fingerprint density at radius 2 is 1.64 bits per heavy atom. The largest absolute Gasteiger partial charge is 0.357 e. The minimum absolute atomic E-state index is 0.0827. The molecule has 22 heavy (non-hydrogen) atoms. The van der Waals surface area contributed by atoms with E-state index in [1.807, 2.05) is 27.7 Å². The molecular formula is C15H31N5O2. The smallest absolute Gasteiger partial charge is 0.241 e. The predicted molar refractivity (Wildman–Crippen MR) is 89.8 cm³/mol. The van der Waals surface area contributed by atoms with E-state index in [0.717, 1.165) is 19.5 Å². The summed E-state index contributed by atoms with van der Waals surface area (Å²) in [6, 6.07) is 0. The molecule has 7 nitrogen and oxygen atoms in total. The van der Waals surface area contributed by atoms with Gasteiger partial charge in [0.05, 0.1) is 0 Å². The highest BCUT2D eigenvalue weighted by Crippen LogP contribution is 1.92. The molecule has 0 atom stereocenters. The zero-order chi connectivity index (χ0) is 16.8. The van der Waals surface area contributed by atoms with Crippen LogP contribution in [0.2, 0.25) is 0 Å². The number of aliphatic imine (C=N–C) groups is 1. The van der Waals surface area contributed by atoms with Gasteiger partial charge in [-0.1, -0.05) is 6.92 Å². The third-order valence-electron chi connectivity index (χ3n) is 3.04. The molecule has 0 saturated heterocycles. The van der Waals surface area contributed by atoms with Crippen molar-refractivity contribution >= 4 is 17.8 Å². The first-order valence-corrected chi connectivity index (χ1v) is 8.15. The summed E-state index contributed by atoms with van der Waals surface area (Å²) < 4.78 is 0. The Hall–Kier alpha value is -1.79. The Morgan fingerprint density at radius 1 is 0.955 bits per heavy atom. The lowest BCUT2D eigenvalue weighted by molar-refractivity contribution is -0.130. The number of carbonyl (C=O) groups is 2. The van der Waals surface area contributed by atoms with Gasteiger partial charge in [-0.3, -0.25) is 9.59 Å². The van der Waals surface area contributed by atoms with Crippen molar-refractivity contribution in [1.82, 2.24) is 20.9 Å². The molecule has 0 bridgehead atoms. The summed E-state index contributed by atoms with van der Waals surface area (Å²) in [4.78, 5) is 29.4. The molecule has 0 aliphatic rings. The van der Waals surface area contributed by atoms with Gasteiger partial charge in [0, 0.05) is 39.1 Å². The van der Waals surface area contributed by atoms with Crippen molar-refractivity contribution in [3.63, 3.8) is 0 Å². The van der Waals surface area contributed by atoms with Gasteiger partial charge in [-0.05, 0) is 27.2 Å². The van der Waals surface area contributed by atoms with Crippen LogP contribution in [0.25, 0.3) is 0 Å². The highest BCUT2D eigenvalue weighted by molar-refractivity contribution is 5.85. The van der Waals surface area contributed by atoms with Gasteiger partial charge in [-0.25, -0.2) is 4.99 Å². The molecule has 0 aromatic heterocycles. The van der Waals surface area contributed by atoms with Gasteiger partial charge in [-0.2, -0.15) is 0 Å². The Labute approximate surface area is 133 Å². The number of nitrogens with one attached hydrogen (secondary N) is 3. The van der Waals surface area contributed by atoms with Gasteiger partial charge in [-0.15, -0.1) is 0 Å². The molecule has 128 valence electrons. The van der Waals surface area contributed by atoms with Gasteiger partial charge < -0.3 is 20.9 Å². The zero-order valence-electron chi connectivity index (χ0n) is 14.4. The van der Waals surface area contributed by atoms with E-state index in [1.54, 1.807) is 4.90 Å². The average molecular weight is 313 g/mol. The second-order valence-corrected chi connectivity index (χ2v) is 4.79. The number of guanidine groups is 1. The second-order valence-electron chi connectivity index (χ2n) is 4.79. The highest BCUT2D eigenvalue weighted by Gasteiger charge is 2.09. The zero-order valence-corrected chi connectivity index (χ0v) is 14.4. The Balaban J connectivity index is 4.23. The molecule has 0 rings (SSSR count). The van der Waals surface area contributed by atoms with Crippen LogP contribution in [0.4, 0.5) is 0 Å². The maximum Gasteiger partial charge on any atom is 0.241 e. The van der Waals surface area contributed by atoms with Crippen LogP contribution in [-0.2, 0) is 9.59 Å². The van der Waals surface area contributed by atoms with E-state index in [9.17, 15) is 9.59 Å². The summed E-state index contributed by atoms with van der Waals surface area (Å²) in [5.41, 5.74) is 0. The molecule has 0 unspecified atom stereocenters. The quantitative estimate of drug-likeness (QED) is 0.401. The molecule has 0 fully saturated rings. The standard InChI is InChI=1S/C15H31N5O2/c1-5-10-17-13(21)12-19-15(16-6-2)18-11-9-14(22)20(7-3)8-4/h5-12H2,1-4H3,(H,17,21)(H2,16,18,19). The minimum Gasteiger partial charge on any atom is -0.357 e. The maximum absolute atomic E-state index is 11.9. The van der Waals surface area contributed by atoms with Crippen molar-refractivity contribution in [3.05, 3.63) is 0 Å².